The Hall–Kier alpha value is 0.01000. The molecule has 4 unspecified atom stereocenters. The van der Waals surface area contributed by atoms with Crippen molar-refractivity contribution < 1.29 is 5.11 Å². The normalized spacial score (nSPS) is 31.8. The number of hydrogen-bond acceptors (Lipinski definition) is 2. The Balaban J connectivity index is 1.54. The number of benzene rings is 1. The highest BCUT2D eigenvalue weighted by atomic mass is 79.9. The lowest BCUT2D eigenvalue weighted by Gasteiger charge is -2.26. The maximum Gasteiger partial charge on any atom is 0.0664 e. The van der Waals surface area contributed by atoms with Crippen LogP contribution in [0.2, 0.25) is 0 Å². The lowest BCUT2D eigenvalue weighted by atomic mass is 9.85. The molecule has 4 atom stereocenters. The first kappa shape index (κ1) is 13.0. The van der Waals surface area contributed by atoms with Crippen molar-refractivity contribution in [2.45, 2.75) is 36.7 Å². The Bertz CT molecular complexity index is 423. The number of thioether (sulfide) groups is 1. The molecule has 0 radical (unpaired) electrons. The second kappa shape index (κ2) is 5.56. The van der Waals surface area contributed by atoms with Crippen LogP contribution in [0.4, 0.5) is 0 Å². The van der Waals surface area contributed by atoms with E-state index in [0.29, 0.717) is 5.92 Å². The molecule has 3 heteroatoms. The molecule has 0 spiro atoms. The molecule has 3 rings (SSSR count). The zero-order valence-electron chi connectivity index (χ0n) is 10.4. The van der Waals surface area contributed by atoms with E-state index < -0.39 is 0 Å². The highest BCUT2D eigenvalue weighted by molar-refractivity contribution is 9.10. The van der Waals surface area contributed by atoms with Gasteiger partial charge < -0.3 is 5.11 Å². The van der Waals surface area contributed by atoms with E-state index >= 15 is 0 Å². The molecule has 0 aliphatic heterocycles. The zero-order chi connectivity index (χ0) is 12.5. The van der Waals surface area contributed by atoms with Crippen LogP contribution in [0.3, 0.4) is 0 Å². The van der Waals surface area contributed by atoms with Gasteiger partial charge in [0.1, 0.15) is 0 Å². The standard InChI is InChI=1S/C15H19BrOS/c16-12-2-1-3-13(8-12)18-9-15(17)14-7-10-4-5-11(14)6-10/h1-3,8,10-11,14-15,17H,4-7,9H2. The van der Waals surface area contributed by atoms with Gasteiger partial charge in [0.2, 0.25) is 0 Å². The van der Waals surface area contributed by atoms with Crippen molar-refractivity contribution in [3.8, 4) is 0 Å². The SMILES string of the molecule is OC(CSc1cccc(Br)c1)C1CC2CCC1C2. The molecular weight excluding hydrogens is 308 g/mol. The molecule has 1 aromatic rings. The first-order valence-corrected chi connectivity index (χ1v) is 8.56. The van der Waals surface area contributed by atoms with Gasteiger partial charge in [-0.3, -0.25) is 0 Å². The van der Waals surface area contributed by atoms with Gasteiger partial charge in [0.25, 0.3) is 0 Å². The monoisotopic (exact) mass is 326 g/mol. The highest BCUT2D eigenvalue weighted by Gasteiger charge is 2.42. The number of halogens is 1. The average molecular weight is 327 g/mol. The van der Waals surface area contributed by atoms with Crippen molar-refractivity contribution in [2.24, 2.45) is 17.8 Å². The minimum absolute atomic E-state index is 0.121. The molecule has 2 bridgehead atoms. The topological polar surface area (TPSA) is 20.2 Å². The van der Waals surface area contributed by atoms with Crippen molar-refractivity contribution in [1.82, 2.24) is 0 Å². The van der Waals surface area contributed by atoms with Crippen LogP contribution in [0.25, 0.3) is 0 Å². The molecule has 2 aliphatic rings. The fourth-order valence-electron chi connectivity index (χ4n) is 3.63. The van der Waals surface area contributed by atoms with E-state index in [-0.39, 0.29) is 6.10 Å². The summed E-state index contributed by atoms with van der Waals surface area (Å²) >= 11 is 5.26. The van der Waals surface area contributed by atoms with E-state index in [9.17, 15) is 5.11 Å². The molecule has 1 N–H and O–H groups in total. The van der Waals surface area contributed by atoms with Crippen LogP contribution in [-0.4, -0.2) is 17.0 Å². The number of aliphatic hydroxyl groups is 1. The molecule has 98 valence electrons. The van der Waals surface area contributed by atoms with Gasteiger partial charge in [-0.25, -0.2) is 0 Å². The lowest BCUT2D eigenvalue weighted by molar-refractivity contribution is 0.0944. The molecule has 0 amide bonds. The Morgan fingerprint density at radius 3 is 2.89 bits per heavy atom. The van der Waals surface area contributed by atoms with Gasteiger partial charge in [0.15, 0.2) is 0 Å². The summed E-state index contributed by atoms with van der Waals surface area (Å²) in [6, 6.07) is 8.33. The summed E-state index contributed by atoms with van der Waals surface area (Å²) in [7, 11) is 0. The highest BCUT2D eigenvalue weighted by Crippen LogP contribution is 2.50. The number of rotatable bonds is 4. The fraction of sp³-hybridized carbons (Fsp3) is 0.600. The van der Waals surface area contributed by atoms with Crippen molar-refractivity contribution in [2.75, 3.05) is 5.75 Å². The smallest absolute Gasteiger partial charge is 0.0664 e. The van der Waals surface area contributed by atoms with E-state index in [1.807, 2.05) is 6.07 Å². The molecule has 2 aliphatic carbocycles. The molecular formula is C15H19BrOS. The first-order valence-electron chi connectivity index (χ1n) is 6.79. The molecule has 1 aromatic carbocycles. The minimum Gasteiger partial charge on any atom is -0.392 e. The van der Waals surface area contributed by atoms with Gasteiger partial charge in [0.05, 0.1) is 6.10 Å². The number of fused-ring (bicyclic) bond motifs is 2. The largest absolute Gasteiger partial charge is 0.392 e. The van der Waals surface area contributed by atoms with Crippen LogP contribution in [0.5, 0.6) is 0 Å². The predicted molar refractivity (Wildman–Crippen MR) is 79.8 cm³/mol. The number of hydrogen-bond donors (Lipinski definition) is 1. The maximum atomic E-state index is 10.4. The van der Waals surface area contributed by atoms with Crippen molar-refractivity contribution in [3.05, 3.63) is 28.7 Å². The van der Waals surface area contributed by atoms with E-state index in [0.717, 1.165) is 22.1 Å². The predicted octanol–water partition coefficient (Wildman–Crippen LogP) is 4.34. The van der Waals surface area contributed by atoms with Crippen LogP contribution >= 0.6 is 27.7 Å². The summed E-state index contributed by atoms with van der Waals surface area (Å²) in [4.78, 5) is 1.24. The lowest BCUT2D eigenvalue weighted by Crippen LogP contribution is -2.27. The quantitative estimate of drug-likeness (QED) is 0.830. The Morgan fingerprint density at radius 2 is 2.22 bits per heavy atom. The van der Waals surface area contributed by atoms with Gasteiger partial charge in [-0.2, -0.15) is 0 Å². The fourth-order valence-corrected chi connectivity index (χ4v) is 5.17. The summed E-state index contributed by atoms with van der Waals surface area (Å²) in [5.74, 6) is 3.15. The summed E-state index contributed by atoms with van der Waals surface area (Å²) in [6.07, 6.45) is 5.29. The summed E-state index contributed by atoms with van der Waals surface area (Å²) in [5, 5.41) is 10.4. The van der Waals surface area contributed by atoms with Gasteiger partial charge >= 0.3 is 0 Å². The van der Waals surface area contributed by atoms with Crippen molar-refractivity contribution >= 4 is 27.7 Å². The number of aliphatic hydroxyl groups excluding tert-OH is 1. The second-order valence-electron chi connectivity index (χ2n) is 5.67. The molecule has 0 heterocycles. The molecule has 18 heavy (non-hydrogen) atoms. The van der Waals surface area contributed by atoms with Crippen LogP contribution in [0.15, 0.2) is 33.6 Å². The first-order chi connectivity index (χ1) is 8.72. The third kappa shape index (κ3) is 2.78. The van der Waals surface area contributed by atoms with Crippen LogP contribution < -0.4 is 0 Å². The zero-order valence-corrected chi connectivity index (χ0v) is 12.8. The molecule has 0 aromatic heterocycles. The molecule has 1 nitrogen and oxygen atoms in total. The minimum atomic E-state index is -0.121. The Morgan fingerprint density at radius 1 is 1.33 bits per heavy atom. The molecule has 2 fully saturated rings. The van der Waals surface area contributed by atoms with Gasteiger partial charge in [-0.15, -0.1) is 11.8 Å². The maximum absolute atomic E-state index is 10.4. The van der Waals surface area contributed by atoms with E-state index in [2.05, 4.69) is 34.1 Å². The third-order valence-corrected chi connectivity index (χ3v) is 6.09. The summed E-state index contributed by atoms with van der Waals surface area (Å²) in [6.45, 7) is 0. The molecule has 2 saturated carbocycles. The molecule has 0 saturated heterocycles. The van der Waals surface area contributed by atoms with Crippen LogP contribution in [-0.2, 0) is 0 Å². The van der Waals surface area contributed by atoms with Crippen molar-refractivity contribution in [1.29, 1.82) is 0 Å². The Kier molecular flexibility index (Phi) is 4.02. The van der Waals surface area contributed by atoms with Crippen LogP contribution in [0.1, 0.15) is 25.7 Å². The van der Waals surface area contributed by atoms with Crippen LogP contribution in [0, 0.1) is 17.8 Å². The van der Waals surface area contributed by atoms with E-state index in [1.54, 1.807) is 11.8 Å². The van der Waals surface area contributed by atoms with Gasteiger partial charge in [0, 0.05) is 15.1 Å². The average Bonchev–Trinajstić information content (AvgIpc) is 2.98. The van der Waals surface area contributed by atoms with E-state index in [1.165, 1.54) is 30.6 Å². The second-order valence-corrected chi connectivity index (χ2v) is 7.68. The van der Waals surface area contributed by atoms with Gasteiger partial charge in [-0.05, 0) is 55.2 Å². The third-order valence-electron chi connectivity index (χ3n) is 4.50. The summed E-state index contributed by atoms with van der Waals surface area (Å²) < 4.78 is 1.11. The summed E-state index contributed by atoms with van der Waals surface area (Å²) in [5.41, 5.74) is 0. The van der Waals surface area contributed by atoms with Gasteiger partial charge in [-0.1, -0.05) is 28.4 Å². The van der Waals surface area contributed by atoms with Crippen molar-refractivity contribution in [3.63, 3.8) is 0 Å². The van der Waals surface area contributed by atoms with E-state index in [4.69, 9.17) is 0 Å². The Labute approximate surface area is 121 Å².